The molecule has 3 heterocycles. The lowest BCUT2D eigenvalue weighted by Crippen LogP contribution is -2.38. The smallest absolute Gasteiger partial charge is 0.225 e. The molecule has 4 rings (SSSR count). The average Bonchev–Trinajstić information content (AvgIpc) is 3.21. The van der Waals surface area contributed by atoms with Crippen LogP contribution in [0, 0.1) is 5.92 Å². The lowest BCUT2D eigenvalue weighted by molar-refractivity contribution is -0.126. The van der Waals surface area contributed by atoms with E-state index in [1.54, 1.807) is 0 Å². The first-order chi connectivity index (χ1) is 10.2. The fraction of sp³-hybridized carbons (Fsp3) is 0.471. The predicted molar refractivity (Wildman–Crippen MR) is 80.8 cm³/mol. The summed E-state index contributed by atoms with van der Waals surface area (Å²) in [5.74, 6) is 1.10. The molecular weight excluding hydrogens is 264 g/mol. The van der Waals surface area contributed by atoms with Crippen LogP contribution in [-0.4, -0.2) is 18.0 Å². The quantitative estimate of drug-likeness (QED) is 0.911. The third-order valence-corrected chi connectivity index (χ3v) is 4.87. The van der Waals surface area contributed by atoms with E-state index in [-0.39, 0.29) is 17.9 Å². The molecule has 2 saturated heterocycles. The van der Waals surface area contributed by atoms with Gasteiger partial charge in [-0.05, 0) is 38.3 Å². The van der Waals surface area contributed by atoms with Crippen LogP contribution in [0.25, 0.3) is 11.0 Å². The van der Waals surface area contributed by atoms with Gasteiger partial charge in [0.05, 0.1) is 12.0 Å². The molecule has 0 aliphatic carbocycles. The SMILES string of the molecule is CC(NC(=O)C1CC2CCC1N2)c1cc2ccccc2o1. The van der Waals surface area contributed by atoms with Crippen molar-refractivity contribution in [3.8, 4) is 0 Å². The Hall–Kier alpha value is -1.81. The molecule has 0 radical (unpaired) electrons. The highest BCUT2D eigenvalue weighted by Gasteiger charge is 2.43. The van der Waals surface area contributed by atoms with E-state index in [2.05, 4.69) is 10.6 Å². The highest BCUT2D eigenvalue weighted by atomic mass is 16.3. The van der Waals surface area contributed by atoms with Crippen molar-refractivity contribution in [2.24, 2.45) is 5.92 Å². The predicted octanol–water partition coefficient (Wildman–Crippen LogP) is 2.75. The Morgan fingerprint density at radius 3 is 2.95 bits per heavy atom. The van der Waals surface area contributed by atoms with E-state index in [1.807, 2.05) is 37.3 Å². The van der Waals surface area contributed by atoms with E-state index < -0.39 is 0 Å². The van der Waals surface area contributed by atoms with E-state index in [0.717, 1.165) is 29.6 Å². The molecule has 2 aromatic rings. The van der Waals surface area contributed by atoms with Gasteiger partial charge in [0.2, 0.25) is 5.91 Å². The van der Waals surface area contributed by atoms with Crippen molar-refractivity contribution in [3.63, 3.8) is 0 Å². The summed E-state index contributed by atoms with van der Waals surface area (Å²) >= 11 is 0. The Morgan fingerprint density at radius 1 is 1.38 bits per heavy atom. The number of hydrogen-bond acceptors (Lipinski definition) is 3. The summed E-state index contributed by atoms with van der Waals surface area (Å²) in [6.07, 6.45) is 3.32. The van der Waals surface area contributed by atoms with Crippen LogP contribution in [0.15, 0.2) is 34.7 Å². The number of nitrogens with one attached hydrogen (secondary N) is 2. The Balaban J connectivity index is 1.47. The summed E-state index contributed by atoms with van der Waals surface area (Å²) in [6, 6.07) is 10.8. The number of fused-ring (bicyclic) bond motifs is 3. The van der Waals surface area contributed by atoms with Gasteiger partial charge in [0.25, 0.3) is 0 Å². The van der Waals surface area contributed by atoms with Gasteiger partial charge in [0.1, 0.15) is 11.3 Å². The molecule has 4 nitrogen and oxygen atoms in total. The number of furan rings is 1. The third-order valence-electron chi connectivity index (χ3n) is 4.87. The lowest BCUT2D eigenvalue weighted by Gasteiger charge is -2.21. The maximum absolute atomic E-state index is 12.4. The molecule has 0 saturated carbocycles. The molecule has 2 aliphatic rings. The molecule has 21 heavy (non-hydrogen) atoms. The first-order valence-electron chi connectivity index (χ1n) is 7.75. The zero-order chi connectivity index (χ0) is 14.4. The minimum Gasteiger partial charge on any atom is -0.459 e. The summed E-state index contributed by atoms with van der Waals surface area (Å²) in [5.41, 5.74) is 0.871. The summed E-state index contributed by atoms with van der Waals surface area (Å²) in [7, 11) is 0. The van der Waals surface area contributed by atoms with Crippen molar-refractivity contribution >= 4 is 16.9 Å². The van der Waals surface area contributed by atoms with E-state index in [1.165, 1.54) is 6.42 Å². The molecule has 0 spiro atoms. The van der Waals surface area contributed by atoms with Crippen LogP contribution in [-0.2, 0) is 4.79 Å². The Bertz CT molecular complexity index is 645. The fourth-order valence-electron chi connectivity index (χ4n) is 3.72. The van der Waals surface area contributed by atoms with Crippen LogP contribution in [0.4, 0.5) is 0 Å². The first-order valence-corrected chi connectivity index (χ1v) is 7.75. The second-order valence-electron chi connectivity index (χ2n) is 6.31. The number of rotatable bonds is 3. The van der Waals surface area contributed by atoms with Crippen molar-refractivity contribution in [3.05, 3.63) is 36.1 Å². The van der Waals surface area contributed by atoms with Gasteiger partial charge in [-0.1, -0.05) is 18.2 Å². The van der Waals surface area contributed by atoms with Gasteiger partial charge in [0.15, 0.2) is 0 Å². The van der Waals surface area contributed by atoms with Gasteiger partial charge in [-0.2, -0.15) is 0 Å². The zero-order valence-electron chi connectivity index (χ0n) is 12.1. The monoisotopic (exact) mass is 284 g/mol. The highest BCUT2D eigenvalue weighted by Crippen LogP contribution is 2.34. The summed E-state index contributed by atoms with van der Waals surface area (Å²) in [6.45, 7) is 1.98. The molecule has 2 aliphatic heterocycles. The minimum absolute atomic E-state index is 0.0935. The molecule has 1 amide bonds. The molecule has 1 aromatic heterocycles. The Morgan fingerprint density at radius 2 is 2.24 bits per heavy atom. The summed E-state index contributed by atoms with van der Waals surface area (Å²) in [4.78, 5) is 12.4. The number of carbonyl (C=O) groups excluding carboxylic acids is 1. The molecule has 4 atom stereocenters. The van der Waals surface area contributed by atoms with Gasteiger partial charge in [-0.15, -0.1) is 0 Å². The van der Waals surface area contributed by atoms with Crippen molar-refractivity contribution in [1.29, 1.82) is 0 Å². The number of hydrogen-bond donors (Lipinski definition) is 2. The zero-order valence-corrected chi connectivity index (χ0v) is 12.1. The van der Waals surface area contributed by atoms with E-state index in [4.69, 9.17) is 4.42 Å². The number of para-hydroxylation sites is 1. The molecule has 1 aromatic carbocycles. The largest absolute Gasteiger partial charge is 0.459 e. The van der Waals surface area contributed by atoms with Crippen molar-refractivity contribution < 1.29 is 9.21 Å². The maximum Gasteiger partial charge on any atom is 0.225 e. The van der Waals surface area contributed by atoms with Crippen LogP contribution >= 0.6 is 0 Å². The fourth-order valence-corrected chi connectivity index (χ4v) is 3.72. The standard InChI is InChI=1S/C17H20N2O2/c1-10(16-8-11-4-2-3-5-15(11)21-16)18-17(20)13-9-12-6-7-14(13)19-12/h2-5,8,10,12-14,19H,6-7,9H2,1H3,(H,18,20). The third kappa shape index (κ3) is 2.23. The van der Waals surface area contributed by atoms with Crippen molar-refractivity contribution in [2.45, 2.75) is 44.3 Å². The number of amides is 1. The topological polar surface area (TPSA) is 54.3 Å². The van der Waals surface area contributed by atoms with Crippen molar-refractivity contribution in [2.75, 3.05) is 0 Å². The second-order valence-corrected chi connectivity index (χ2v) is 6.31. The van der Waals surface area contributed by atoms with Gasteiger partial charge >= 0.3 is 0 Å². The van der Waals surface area contributed by atoms with Gasteiger partial charge < -0.3 is 15.1 Å². The molecule has 2 bridgehead atoms. The Labute approximate surface area is 123 Å². The molecule has 2 fully saturated rings. The van der Waals surface area contributed by atoms with Gasteiger partial charge in [0, 0.05) is 17.5 Å². The van der Waals surface area contributed by atoms with E-state index in [9.17, 15) is 4.79 Å². The number of carbonyl (C=O) groups is 1. The Kier molecular flexibility index (Phi) is 3.00. The summed E-state index contributed by atoms with van der Waals surface area (Å²) < 4.78 is 5.82. The van der Waals surface area contributed by atoms with Crippen LogP contribution in [0.1, 0.15) is 38.0 Å². The van der Waals surface area contributed by atoms with Crippen LogP contribution < -0.4 is 10.6 Å². The van der Waals surface area contributed by atoms with Crippen LogP contribution in [0.5, 0.6) is 0 Å². The number of benzene rings is 1. The van der Waals surface area contributed by atoms with E-state index >= 15 is 0 Å². The van der Waals surface area contributed by atoms with Gasteiger partial charge in [-0.3, -0.25) is 4.79 Å². The summed E-state index contributed by atoms with van der Waals surface area (Å²) in [5, 5.41) is 7.70. The maximum atomic E-state index is 12.4. The van der Waals surface area contributed by atoms with Crippen molar-refractivity contribution in [1.82, 2.24) is 10.6 Å². The second kappa shape index (κ2) is 4.88. The van der Waals surface area contributed by atoms with E-state index in [0.29, 0.717) is 12.1 Å². The molecular formula is C17H20N2O2. The highest BCUT2D eigenvalue weighted by molar-refractivity contribution is 5.81. The molecule has 2 N–H and O–H groups in total. The normalized spacial score (nSPS) is 28.9. The van der Waals surface area contributed by atoms with Crippen LogP contribution in [0.3, 0.4) is 0 Å². The molecule has 4 heteroatoms. The first kappa shape index (κ1) is 12.9. The molecule has 110 valence electrons. The van der Waals surface area contributed by atoms with Gasteiger partial charge in [-0.25, -0.2) is 0 Å². The molecule has 4 unspecified atom stereocenters. The lowest BCUT2D eigenvalue weighted by atomic mass is 9.88. The minimum atomic E-state index is -0.0935. The van der Waals surface area contributed by atoms with Crippen LogP contribution in [0.2, 0.25) is 0 Å². The average molecular weight is 284 g/mol.